The lowest BCUT2D eigenvalue weighted by molar-refractivity contribution is 0.0748. The van der Waals surface area contributed by atoms with E-state index in [4.69, 9.17) is 0 Å². The summed E-state index contributed by atoms with van der Waals surface area (Å²) in [6.07, 6.45) is 4.20. The molecule has 4 nitrogen and oxygen atoms in total. The minimum Gasteiger partial charge on any atom is -0.390 e. The van der Waals surface area contributed by atoms with Crippen LogP contribution in [0.25, 0.3) is 0 Å². The van der Waals surface area contributed by atoms with E-state index in [1.54, 1.807) is 26.2 Å². The lowest BCUT2D eigenvalue weighted by atomic mass is 10.1. The van der Waals surface area contributed by atoms with E-state index in [1.165, 1.54) is 0 Å². The van der Waals surface area contributed by atoms with E-state index in [0.29, 0.717) is 18.9 Å². The van der Waals surface area contributed by atoms with Crippen LogP contribution in [0.5, 0.6) is 0 Å². The number of nitrogens with zero attached hydrogens (tertiary/aromatic N) is 2. The largest absolute Gasteiger partial charge is 0.390 e. The Morgan fingerprint density at radius 2 is 1.93 bits per heavy atom. The van der Waals surface area contributed by atoms with Crippen LogP contribution in [0.2, 0.25) is 0 Å². The molecule has 1 heterocycles. The van der Waals surface area contributed by atoms with Crippen molar-refractivity contribution in [1.29, 1.82) is 0 Å². The molecule has 4 heteroatoms. The van der Waals surface area contributed by atoms with Crippen LogP contribution in [0.3, 0.4) is 0 Å². The first-order chi connectivity index (χ1) is 6.47. The van der Waals surface area contributed by atoms with Gasteiger partial charge in [-0.3, -0.25) is 0 Å². The van der Waals surface area contributed by atoms with Gasteiger partial charge in [-0.15, -0.1) is 0 Å². The van der Waals surface area contributed by atoms with E-state index in [9.17, 15) is 5.11 Å². The number of hydrogen-bond acceptors (Lipinski definition) is 4. The highest BCUT2D eigenvalue weighted by molar-refractivity contribution is 5.23. The number of rotatable bonds is 4. The third-order valence-electron chi connectivity index (χ3n) is 1.80. The first-order valence-corrected chi connectivity index (χ1v) is 4.72. The second-order valence-electron chi connectivity index (χ2n) is 4.07. The fourth-order valence-corrected chi connectivity index (χ4v) is 0.964. The molecule has 0 fully saturated rings. The molecule has 0 aliphatic heterocycles. The van der Waals surface area contributed by atoms with Crippen LogP contribution in [0.15, 0.2) is 12.4 Å². The molecule has 0 radical (unpaired) electrons. The van der Waals surface area contributed by atoms with Crippen LogP contribution >= 0.6 is 0 Å². The normalized spacial score (nSPS) is 11.4. The molecule has 0 spiro atoms. The van der Waals surface area contributed by atoms with Gasteiger partial charge in [-0.25, -0.2) is 9.97 Å². The van der Waals surface area contributed by atoms with Crippen LogP contribution in [-0.4, -0.2) is 27.2 Å². The van der Waals surface area contributed by atoms with E-state index in [1.807, 2.05) is 6.92 Å². The summed E-state index contributed by atoms with van der Waals surface area (Å²) >= 11 is 0. The Bertz CT molecular complexity index is 276. The minimum atomic E-state index is -0.641. The van der Waals surface area contributed by atoms with Gasteiger partial charge in [-0.1, -0.05) is 0 Å². The van der Waals surface area contributed by atoms with Crippen LogP contribution in [0.1, 0.15) is 25.8 Å². The summed E-state index contributed by atoms with van der Waals surface area (Å²) in [7, 11) is 0. The van der Waals surface area contributed by atoms with Gasteiger partial charge in [0, 0.05) is 18.9 Å². The number of aryl methyl sites for hydroxylation is 1. The number of aromatic nitrogens is 2. The molecule has 0 atom stereocenters. The second-order valence-corrected chi connectivity index (χ2v) is 4.07. The summed E-state index contributed by atoms with van der Waals surface area (Å²) in [5.41, 5.74) is 0.399. The third kappa shape index (κ3) is 4.18. The fourth-order valence-electron chi connectivity index (χ4n) is 0.964. The summed E-state index contributed by atoms with van der Waals surface area (Å²) in [5.74, 6) is 0.611. The molecular weight excluding hydrogens is 178 g/mol. The van der Waals surface area contributed by atoms with E-state index < -0.39 is 5.60 Å². The van der Waals surface area contributed by atoms with E-state index >= 15 is 0 Å². The molecule has 0 aliphatic carbocycles. The van der Waals surface area contributed by atoms with Crippen LogP contribution < -0.4 is 5.32 Å². The van der Waals surface area contributed by atoms with Crippen molar-refractivity contribution in [2.24, 2.45) is 0 Å². The number of anilines is 1. The summed E-state index contributed by atoms with van der Waals surface area (Å²) in [6.45, 7) is 6.18. The minimum absolute atomic E-state index is 0.611. The average molecular weight is 195 g/mol. The highest BCUT2D eigenvalue weighted by Gasteiger charge is 2.11. The number of nitrogens with one attached hydrogen (secondary N) is 1. The number of hydrogen-bond donors (Lipinski definition) is 2. The lowest BCUT2D eigenvalue weighted by Crippen LogP contribution is -2.23. The maximum Gasteiger partial charge on any atom is 0.222 e. The van der Waals surface area contributed by atoms with Crippen LogP contribution in [0.4, 0.5) is 5.95 Å². The predicted octanol–water partition coefficient (Wildman–Crippen LogP) is 1.36. The van der Waals surface area contributed by atoms with E-state index in [-0.39, 0.29) is 0 Å². The predicted molar refractivity (Wildman–Crippen MR) is 56.2 cm³/mol. The molecule has 14 heavy (non-hydrogen) atoms. The summed E-state index contributed by atoms with van der Waals surface area (Å²) in [5, 5.41) is 12.5. The monoisotopic (exact) mass is 195 g/mol. The van der Waals surface area contributed by atoms with E-state index in [0.717, 1.165) is 5.56 Å². The molecule has 0 unspecified atom stereocenters. The van der Waals surface area contributed by atoms with Crippen molar-refractivity contribution in [3.63, 3.8) is 0 Å². The Morgan fingerprint density at radius 3 is 2.43 bits per heavy atom. The Hall–Kier alpha value is -1.16. The van der Waals surface area contributed by atoms with Crippen molar-refractivity contribution in [1.82, 2.24) is 9.97 Å². The molecular formula is C10H17N3O. The average Bonchev–Trinajstić information content (AvgIpc) is 2.06. The van der Waals surface area contributed by atoms with Gasteiger partial charge in [0.1, 0.15) is 0 Å². The fraction of sp³-hybridized carbons (Fsp3) is 0.600. The van der Waals surface area contributed by atoms with Gasteiger partial charge < -0.3 is 10.4 Å². The van der Waals surface area contributed by atoms with Crippen molar-refractivity contribution in [2.75, 3.05) is 11.9 Å². The van der Waals surface area contributed by atoms with Crippen LogP contribution in [-0.2, 0) is 0 Å². The highest BCUT2D eigenvalue weighted by atomic mass is 16.3. The highest BCUT2D eigenvalue weighted by Crippen LogP contribution is 2.07. The first kappa shape index (κ1) is 10.9. The van der Waals surface area contributed by atoms with Crippen molar-refractivity contribution in [2.45, 2.75) is 32.8 Å². The molecule has 78 valence electrons. The smallest absolute Gasteiger partial charge is 0.222 e. The van der Waals surface area contributed by atoms with Crippen molar-refractivity contribution in [3.8, 4) is 0 Å². The molecule has 0 aliphatic rings. The lowest BCUT2D eigenvalue weighted by Gasteiger charge is -2.16. The molecule has 0 saturated heterocycles. The Morgan fingerprint density at radius 1 is 1.36 bits per heavy atom. The van der Waals surface area contributed by atoms with Gasteiger partial charge in [-0.05, 0) is 32.8 Å². The summed E-state index contributed by atoms with van der Waals surface area (Å²) < 4.78 is 0. The molecule has 0 bridgehead atoms. The zero-order valence-corrected chi connectivity index (χ0v) is 8.91. The first-order valence-electron chi connectivity index (χ1n) is 4.72. The Kier molecular flexibility index (Phi) is 3.41. The molecule has 0 saturated carbocycles. The molecule has 0 amide bonds. The quantitative estimate of drug-likeness (QED) is 0.761. The Balaban J connectivity index is 2.35. The standard InChI is InChI=1S/C10H17N3O/c1-8-6-12-9(13-7-8)11-5-4-10(2,3)14/h6-7,14H,4-5H2,1-3H3,(H,11,12,13). The molecule has 1 aromatic heterocycles. The van der Waals surface area contributed by atoms with Gasteiger partial charge in [0.05, 0.1) is 5.60 Å². The van der Waals surface area contributed by atoms with Crippen molar-refractivity contribution < 1.29 is 5.11 Å². The molecule has 2 N–H and O–H groups in total. The number of aliphatic hydroxyl groups is 1. The zero-order valence-electron chi connectivity index (χ0n) is 8.91. The summed E-state index contributed by atoms with van der Waals surface area (Å²) in [4.78, 5) is 8.19. The Labute approximate surface area is 84.4 Å². The topological polar surface area (TPSA) is 58.0 Å². The summed E-state index contributed by atoms with van der Waals surface area (Å²) in [6, 6.07) is 0. The third-order valence-corrected chi connectivity index (χ3v) is 1.80. The molecule has 1 aromatic rings. The van der Waals surface area contributed by atoms with Gasteiger partial charge in [0.25, 0.3) is 0 Å². The van der Waals surface area contributed by atoms with Gasteiger partial charge in [0.2, 0.25) is 5.95 Å². The maximum absolute atomic E-state index is 9.46. The molecule has 1 rings (SSSR count). The zero-order chi connectivity index (χ0) is 10.6. The van der Waals surface area contributed by atoms with Gasteiger partial charge >= 0.3 is 0 Å². The van der Waals surface area contributed by atoms with Crippen molar-refractivity contribution in [3.05, 3.63) is 18.0 Å². The maximum atomic E-state index is 9.46. The second kappa shape index (κ2) is 4.37. The van der Waals surface area contributed by atoms with Gasteiger partial charge in [-0.2, -0.15) is 0 Å². The SMILES string of the molecule is Cc1cnc(NCCC(C)(C)O)nc1. The van der Waals surface area contributed by atoms with Gasteiger partial charge in [0.15, 0.2) is 0 Å². The van der Waals surface area contributed by atoms with E-state index in [2.05, 4.69) is 15.3 Å². The molecule has 0 aromatic carbocycles. The van der Waals surface area contributed by atoms with Crippen LogP contribution in [0, 0.1) is 6.92 Å². The van der Waals surface area contributed by atoms with Crippen molar-refractivity contribution >= 4 is 5.95 Å².